The van der Waals surface area contributed by atoms with E-state index in [2.05, 4.69) is 0 Å². The zero-order valence-corrected chi connectivity index (χ0v) is 11.4. The predicted octanol–water partition coefficient (Wildman–Crippen LogP) is 4.72. The Morgan fingerprint density at radius 3 is 2.61 bits per heavy atom. The van der Waals surface area contributed by atoms with Crippen LogP contribution in [0.15, 0.2) is 42.5 Å². The molecule has 2 aromatic carbocycles. The highest BCUT2D eigenvalue weighted by Crippen LogP contribution is 2.31. The molecule has 4 heteroatoms. The molecule has 0 radical (unpaired) electrons. The second-order valence-electron chi connectivity index (χ2n) is 4.00. The van der Waals surface area contributed by atoms with Crippen molar-refractivity contribution in [3.8, 4) is 5.75 Å². The normalized spacial score (nSPS) is 12.2. The molecule has 94 valence electrons. The molecule has 2 nitrogen and oxygen atoms in total. The van der Waals surface area contributed by atoms with Crippen LogP contribution in [0.25, 0.3) is 0 Å². The minimum Gasteiger partial charge on any atom is -0.484 e. The highest BCUT2D eigenvalue weighted by Gasteiger charge is 2.10. The van der Waals surface area contributed by atoms with Crippen LogP contribution in [0.3, 0.4) is 0 Å². The van der Waals surface area contributed by atoms with Crippen molar-refractivity contribution < 1.29 is 4.74 Å². The van der Waals surface area contributed by atoms with Crippen LogP contribution in [0.5, 0.6) is 5.75 Å². The van der Waals surface area contributed by atoms with Crippen LogP contribution in [-0.4, -0.2) is 0 Å². The molecule has 0 saturated carbocycles. The van der Waals surface area contributed by atoms with Gasteiger partial charge in [0.2, 0.25) is 0 Å². The molecular weight excluding hydrogens is 269 g/mol. The van der Waals surface area contributed by atoms with Gasteiger partial charge >= 0.3 is 0 Å². The van der Waals surface area contributed by atoms with E-state index in [0.29, 0.717) is 21.5 Å². The van der Waals surface area contributed by atoms with E-state index in [-0.39, 0.29) is 6.10 Å². The molecule has 0 spiro atoms. The predicted molar refractivity (Wildman–Crippen MR) is 76.4 cm³/mol. The molecule has 0 aliphatic heterocycles. The molecule has 2 N–H and O–H groups in total. The minimum atomic E-state index is -0.149. The zero-order valence-electron chi connectivity index (χ0n) is 9.86. The Kier molecular flexibility index (Phi) is 4.00. The van der Waals surface area contributed by atoms with E-state index in [4.69, 9.17) is 33.7 Å². The largest absolute Gasteiger partial charge is 0.484 e. The van der Waals surface area contributed by atoms with Gasteiger partial charge in [0.25, 0.3) is 0 Å². The summed E-state index contributed by atoms with van der Waals surface area (Å²) in [5.74, 6) is 0.569. The van der Waals surface area contributed by atoms with Crippen LogP contribution in [0.2, 0.25) is 10.0 Å². The van der Waals surface area contributed by atoms with E-state index in [1.807, 2.05) is 31.2 Å². The maximum absolute atomic E-state index is 6.05. The summed E-state index contributed by atoms with van der Waals surface area (Å²) in [7, 11) is 0. The van der Waals surface area contributed by atoms with Crippen LogP contribution in [-0.2, 0) is 0 Å². The third kappa shape index (κ3) is 3.09. The Morgan fingerprint density at radius 2 is 1.89 bits per heavy atom. The Balaban J connectivity index is 2.21. The molecule has 2 rings (SSSR count). The first-order chi connectivity index (χ1) is 8.56. The first-order valence-corrected chi connectivity index (χ1v) is 6.29. The number of rotatable bonds is 3. The van der Waals surface area contributed by atoms with E-state index < -0.39 is 0 Å². The molecule has 1 atom stereocenters. The lowest BCUT2D eigenvalue weighted by Gasteiger charge is -2.16. The fraction of sp³-hybridized carbons (Fsp3) is 0.143. The molecular formula is C14H13Cl2NO. The van der Waals surface area contributed by atoms with Gasteiger partial charge in [0.05, 0.1) is 5.02 Å². The van der Waals surface area contributed by atoms with Crippen molar-refractivity contribution in [2.45, 2.75) is 13.0 Å². The Bertz CT molecular complexity index is 557. The van der Waals surface area contributed by atoms with Gasteiger partial charge in [0.15, 0.2) is 0 Å². The molecule has 0 aliphatic rings. The van der Waals surface area contributed by atoms with Crippen molar-refractivity contribution in [1.82, 2.24) is 0 Å². The smallest absolute Gasteiger partial charge is 0.140 e. The third-order valence-corrected chi connectivity index (χ3v) is 3.12. The Hall–Kier alpha value is -1.38. The van der Waals surface area contributed by atoms with Crippen LogP contribution in [0.4, 0.5) is 5.69 Å². The van der Waals surface area contributed by atoms with E-state index in [1.165, 1.54) is 0 Å². The standard InChI is InChI=1S/C14H13Cl2NO/c1-9(10-3-2-4-12(17)7-10)18-14-8-11(15)5-6-13(14)16/h2-9H,17H2,1H3. The second-order valence-corrected chi connectivity index (χ2v) is 4.85. The summed E-state index contributed by atoms with van der Waals surface area (Å²) >= 11 is 12.0. The average molecular weight is 282 g/mol. The SMILES string of the molecule is CC(Oc1cc(Cl)ccc1Cl)c1cccc(N)c1. The highest BCUT2D eigenvalue weighted by molar-refractivity contribution is 6.34. The van der Waals surface area contributed by atoms with Crippen LogP contribution < -0.4 is 10.5 Å². The average Bonchev–Trinajstić information content (AvgIpc) is 2.34. The summed E-state index contributed by atoms with van der Waals surface area (Å²) in [6, 6.07) is 12.7. The summed E-state index contributed by atoms with van der Waals surface area (Å²) in [5.41, 5.74) is 7.44. The van der Waals surface area contributed by atoms with Gasteiger partial charge in [-0.25, -0.2) is 0 Å². The lowest BCUT2D eigenvalue weighted by atomic mass is 10.1. The second kappa shape index (κ2) is 5.51. The number of anilines is 1. The van der Waals surface area contributed by atoms with Crippen molar-refractivity contribution in [3.63, 3.8) is 0 Å². The molecule has 0 saturated heterocycles. The number of hydrogen-bond acceptors (Lipinski definition) is 2. The van der Waals surface area contributed by atoms with Crippen molar-refractivity contribution >= 4 is 28.9 Å². The molecule has 0 aliphatic carbocycles. The van der Waals surface area contributed by atoms with Crippen molar-refractivity contribution in [3.05, 3.63) is 58.1 Å². The van der Waals surface area contributed by atoms with Crippen LogP contribution in [0.1, 0.15) is 18.6 Å². The van der Waals surface area contributed by atoms with E-state index in [1.54, 1.807) is 18.2 Å². The number of ether oxygens (including phenoxy) is 1. The van der Waals surface area contributed by atoms with E-state index in [0.717, 1.165) is 5.56 Å². The van der Waals surface area contributed by atoms with Crippen LogP contribution >= 0.6 is 23.2 Å². The molecule has 0 amide bonds. The molecule has 1 unspecified atom stereocenters. The highest BCUT2D eigenvalue weighted by atomic mass is 35.5. The summed E-state index contributed by atoms with van der Waals surface area (Å²) in [6.07, 6.45) is -0.149. The maximum Gasteiger partial charge on any atom is 0.140 e. The zero-order chi connectivity index (χ0) is 13.1. The number of halogens is 2. The monoisotopic (exact) mass is 281 g/mol. The summed E-state index contributed by atoms with van der Waals surface area (Å²) in [5, 5.41) is 1.13. The van der Waals surface area contributed by atoms with Crippen LogP contribution in [0, 0.1) is 0 Å². The lowest BCUT2D eigenvalue weighted by molar-refractivity contribution is 0.227. The minimum absolute atomic E-state index is 0.149. The fourth-order valence-electron chi connectivity index (χ4n) is 1.64. The summed E-state index contributed by atoms with van der Waals surface area (Å²) < 4.78 is 5.80. The number of hydrogen-bond donors (Lipinski definition) is 1. The quantitative estimate of drug-likeness (QED) is 0.827. The molecule has 0 heterocycles. The van der Waals surface area contributed by atoms with Gasteiger partial charge in [-0.2, -0.15) is 0 Å². The third-order valence-electron chi connectivity index (χ3n) is 2.58. The van der Waals surface area contributed by atoms with Gasteiger partial charge in [0, 0.05) is 16.8 Å². The van der Waals surface area contributed by atoms with Gasteiger partial charge in [-0.1, -0.05) is 35.3 Å². The van der Waals surface area contributed by atoms with Crippen molar-refractivity contribution in [2.75, 3.05) is 5.73 Å². The first kappa shape index (κ1) is 13.1. The maximum atomic E-state index is 6.05. The summed E-state index contributed by atoms with van der Waals surface area (Å²) in [4.78, 5) is 0. The fourth-order valence-corrected chi connectivity index (χ4v) is 1.96. The number of nitrogen functional groups attached to an aromatic ring is 1. The number of benzene rings is 2. The number of nitrogens with two attached hydrogens (primary N) is 1. The van der Waals surface area contributed by atoms with Crippen molar-refractivity contribution in [1.29, 1.82) is 0 Å². The Morgan fingerprint density at radius 1 is 1.11 bits per heavy atom. The molecule has 0 aromatic heterocycles. The van der Waals surface area contributed by atoms with Gasteiger partial charge in [-0.15, -0.1) is 0 Å². The first-order valence-electron chi connectivity index (χ1n) is 5.53. The van der Waals surface area contributed by atoms with E-state index >= 15 is 0 Å². The lowest BCUT2D eigenvalue weighted by Crippen LogP contribution is -2.04. The van der Waals surface area contributed by atoms with Gasteiger partial charge in [-0.05, 0) is 36.8 Å². The molecule has 0 bridgehead atoms. The Labute approximate surface area is 116 Å². The van der Waals surface area contributed by atoms with E-state index in [9.17, 15) is 0 Å². The topological polar surface area (TPSA) is 35.2 Å². The molecule has 2 aromatic rings. The molecule has 18 heavy (non-hydrogen) atoms. The van der Waals surface area contributed by atoms with Gasteiger partial charge < -0.3 is 10.5 Å². The van der Waals surface area contributed by atoms with Gasteiger partial charge in [-0.3, -0.25) is 0 Å². The summed E-state index contributed by atoms with van der Waals surface area (Å²) in [6.45, 7) is 1.94. The van der Waals surface area contributed by atoms with Crippen molar-refractivity contribution in [2.24, 2.45) is 0 Å². The van der Waals surface area contributed by atoms with Gasteiger partial charge in [0.1, 0.15) is 11.9 Å². The molecule has 0 fully saturated rings.